The van der Waals surface area contributed by atoms with Crippen molar-refractivity contribution in [3.63, 3.8) is 0 Å². The first kappa shape index (κ1) is 28.9. The minimum Gasteiger partial charge on any atom is -0.495 e. The SMILES string of the molecule is COc1ccc(S(=O)(=O)N(CC(=O)NCCCN2CCC(C)CC2)c2cc(Cl)ccc2OC)cc1OC. The average molecular weight is 554 g/mol. The summed E-state index contributed by atoms with van der Waals surface area (Å²) in [6.07, 6.45) is 3.16. The minimum absolute atomic E-state index is 0.0701. The van der Waals surface area contributed by atoms with Crippen molar-refractivity contribution in [3.05, 3.63) is 41.4 Å². The summed E-state index contributed by atoms with van der Waals surface area (Å²) < 4.78 is 44.6. The van der Waals surface area contributed by atoms with Crippen LogP contribution in [0.4, 0.5) is 5.69 Å². The molecule has 1 heterocycles. The molecule has 0 bridgehead atoms. The molecule has 1 saturated heterocycles. The summed E-state index contributed by atoms with van der Waals surface area (Å²) in [7, 11) is 0.0911. The van der Waals surface area contributed by atoms with E-state index in [1.807, 2.05) is 0 Å². The van der Waals surface area contributed by atoms with Crippen LogP contribution < -0.4 is 23.8 Å². The third kappa shape index (κ3) is 7.43. The Morgan fingerprint density at radius 2 is 1.68 bits per heavy atom. The molecule has 2 aromatic carbocycles. The van der Waals surface area contributed by atoms with Gasteiger partial charge in [-0.05, 0) is 75.1 Å². The number of benzene rings is 2. The van der Waals surface area contributed by atoms with Crippen molar-refractivity contribution >= 4 is 33.2 Å². The monoisotopic (exact) mass is 553 g/mol. The number of carbonyl (C=O) groups excluding carboxylic acids is 1. The summed E-state index contributed by atoms with van der Waals surface area (Å²) in [4.78, 5) is 15.3. The zero-order chi connectivity index (χ0) is 27.0. The number of sulfonamides is 1. The molecule has 1 amide bonds. The van der Waals surface area contributed by atoms with Crippen LogP contribution >= 0.6 is 11.6 Å². The number of hydrogen-bond acceptors (Lipinski definition) is 7. The molecule has 37 heavy (non-hydrogen) atoms. The molecular weight excluding hydrogens is 518 g/mol. The van der Waals surface area contributed by atoms with E-state index >= 15 is 0 Å². The van der Waals surface area contributed by atoms with Gasteiger partial charge in [0, 0.05) is 17.6 Å². The molecule has 0 saturated carbocycles. The highest BCUT2D eigenvalue weighted by Crippen LogP contribution is 2.37. The van der Waals surface area contributed by atoms with Gasteiger partial charge in [-0.15, -0.1) is 0 Å². The number of piperidine rings is 1. The van der Waals surface area contributed by atoms with Crippen molar-refractivity contribution in [2.24, 2.45) is 5.92 Å². The molecule has 0 radical (unpaired) electrons. The molecule has 0 spiro atoms. The molecule has 204 valence electrons. The van der Waals surface area contributed by atoms with Gasteiger partial charge < -0.3 is 24.4 Å². The molecule has 1 aliphatic heterocycles. The summed E-state index contributed by atoms with van der Waals surface area (Å²) in [6.45, 7) is 5.30. The number of likely N-dealkylation sites (tertiary alicyclic amines) is 1. The van der Waals surface area contributed by atoms with Crippen LogP contribution in [0.3, 0.4) is 0 Å². The number of carbonyl (C=O) groups is 1. The topological polar surface area (TPSA) is 97.4 Å². The Bertz CT molecular complexity index is 1170. The van der Waals surface area contributed by atoms with Crippen LogP contribution in [0.25, 0.3) is 0 Å². The van der Waals surface area contributed by atoms with E-state index in [4.69, 9.17) is 25.8 Å². The summed E-state index contributed by atoms with van der Waals surface area (Å²) in [6, 6.07) is 8.87. The van der Waals surface area contributed by atoms with Crippen LogP contribution in [-0.4, -0.2) is 73.3 Å². The molecule has 0 unspecified atom stereocenters. The van der Waals surface area contributed by atoms with E-state index in [-0.39, 0.29) is 22.1 Å². The van der Waals surface area contributed by atoms with Crippen molar-refractivity contribution in [2.45, 2.75) is 31.1 Å². The Hall–Kier alpha value is -2.69. The fourth-order valence-corrected chi connectivity index (χ4v) is 5.87. The van der Waals surface area contributed by atoms with E-state index in [1.165, 1.54) is 58.4 Å². The number of amides is 1. The molecule has 0 aromatic heterocycles. The number of rotatable bonds is 12. The molecule has 0 atom stereocenters. The Balaban J connectivity index is 1.80. The van der Waals surface area contributed by atoms with Gasteiger partial charge in [0.05, 0.1) is 31.9 Å². The molecule has 9 nitrogen and oxygen atoms in total. The summed E-state index contributed by atoms with van der Waals surface area (Å²) in [5.41, 5.74) is 0.155. The predicted molar refractivity (Wildman–Crippen MR) is 145 cm³/mol. The van der Waals surface area contributed by atoms with E-state index in [0.29, 0.717) is 17.3 Å². The Kier molecular flexibility index (Phi) is 10.3. The minimum atomic E-state index is -4.22. The zero-order valence-corrected chi connectivity index (χ0v) is 23.4. The standard InChI is InChI=1S/C26H36ClN3O6S/c1-19-10-14-29(15-11-19)13-5-12-28-26(31)18-30(22-16-20(27)6-8-23(22)34-2)37(32,33)21-7-9-24(35-3)25(17-21)36-4/h6-9,16-17,19H,5,10-15,18H2,1-4H3,(H,28,31). The number of halogens is 1. The lowest BCUT2D eigenvalue weighted by Gasteiger charge is -2.30. The second kappa shape index (κ2) is 13.2. The highest BCUT2D eigenvalue weighted by molar-refractivity contribution is 7.92. The second-order valence-electron chi connectivity index (χ2n) is 9.07. The number of nitrogens with zero attached hydrogens (tertiary/aromatic N) is 2. The Morgan fingerprint density at radius 3 is 2.32 bits per heavy atom. The van der Waals surface area contributed by atoms with E-state index in [9.17, 15) is 13.2 Å². The van der Waals surface area contributed by atoms with Gasteiger partial charge in [0.1, 0.15) is 12.3 Å². The van der Waals surface area contributed by atoms with Gasteiger partial charge in [0.2, 0.25) is 5.91 Å². The summed E-state index contributed by atoms with van der Waals surface area (Å²) >= 11 is 6.20. The van der Waals surface area contributed by atoms with E-state index in [1.54, 1.807) is 12.1 Å². The Morgan fingerprint density at radius 1 is 1.03 bits per heavy atom. The third-order valence-electron chi connectivity index (χ3n) is 6.49. The predicted octanol–water partition coefficient (Wildman–Crippen LogP) is 3.80. The number of ether oxygens (including phenoxy) is 3. The lowest BCUT2D eigenvalue weighted by molar-refractivity contribution is -0.119. The first-order chi connectivity index (χ1) is 17.7. The van der Waals surface area contributed by atoms with Gasteiger partial charge in [0.15, 0.2) is 11.5 Å². The smallest absolute Gasteiger partial charge is 0.265 e. The van der Waals surface area contributed by atoms with Crippen molar-refractivity contribution < 1.29 is 27.4 Å². The number of hydrogen-bond donors (Lipinski definition) is 1. The largest absolute Gasteiger partial charge is 0.495 e. The maximum absolute atomic E-state index is 13.8. The van der Waals surface area contributed by atoms with Gasteiger partial charge in [0.25, 0.3) is 10.0 Å². The molecule has 1 aliphatic rings. The lowest BCUT2D eigenvalue weighted by atomic mass is 9.99. The highest BCUT2D eigenvalue weighted by Gasteiger charge is 2.30. The van der Waals surface area contributed by atoms with Crippen molar-refractivity contribution in [1.82, 2.24) is 10.2 Å². The maximum atomic E-state index is 13.8. The van der Waals surface area contributed by atoms with E-state index in [0.717, 1.165) is 36.3 Å². The lowest BCUT2D eigenvalue weighted by Crippen LogP contribution is -2.42. The number of methoxy groups -OCH3 is 3. The first-order valence-corrected chi connectivity index (χ1v) is 14.1. The first-order valence-electron chi connectivity index (χ1n) is 12.3. The fraction of sp³-hybridized carbons (Fsp3) is 0.500. The van der Waals surface area contributed by atoms with Gasteiger partial charge in [-0.2, -0.15) is 0 Å². The molecule has 11 heteroatoms. The van der Waals surface area contributed by atoms with Gasteiger partial charge in [-0.25, -0.2) is 8.42 Å². The normalized spacial score (nSPS) is 14.7. The van der Waals surface area contributed by atoms with E-state index in [2.05, 4.69) is 17.1 Å². The summed E-state index contributed by atoms with van der Waals surface area (Å²) in [5.74, 6) is 1.23. The van der Waals surface area contributed by atoms with Crippen LogP contribution in [0.1, 0.15) is 26.2 Å². The number of nitrogens with one attached hydrogen (secondary N) is 1. The second-order valence-corrected chi connectivity index (χ2v) is 11.4. The van der Waals surface area contributed by atoms with E-state index < -0.39 is 22.5 Å². The molecule has 0 aliphatic carbocycles. The fourth-order valence-electron chi connectivity index (χ4n) is 4.26. The number of anilines is 1. The highest BCUT2D eigenvalue weighted by atomic mass is 35.5. The molecule has 1 N–H and O–H groups in total. The molecule has 3 rings (SSSR count). The third-order valence-corrected chi connectivity index (χ3v) is 8.48. The molecule has 1 fully saturated rings. The van der Waals surface area contributed by atoms with Gasteiger partial charge >= 0.3 is 0 Å². The molecular formula is C26H36ClN3O6S. The van der Waals surface area contributed by atoms with Crippen LogP contribution in [0.5, 0.6) is 17.2 Å². The average Bonchev–Trinajstić information content (AvgIpc) is 2.90. The van der Waals surface area contributed by atoms with Crippen molar-refractivity contribution in [1.29, 1.82) is 0 Å². The van der Waals surface area contributed by atoms with Crippen LogP contribution in [-0.2, 0) is 14.8 Å². The van der Waals surface area contributed by atoms with Crippen LogP contribution in [0.15, 0.2) is 41.3 Å². The van der Waals surface area contributed by atoms with Gasteiger partial charge in [-0.3, -0.25) is 9.10 Å². The van der Waals surface area contributed by atoms with Crippen LogP contribution in [0.2, 0.25) is 5.02 Å². The van der Waals surface area contributed by atoms with Gasteiger partial charge in [-0.1, -0.05) is 18.5 Å². The van der Waals surface area contributed by atoms with Crippen molar-refractivity contribution in [3.8, 4) is 17.2 Å². The zero-order valence-electron chi connectivity index (χ0n) is 21.8. The Labute approximate surface area is 224 Å². The van der Waals surface area contributed by atoms with Crippen LogP contribution in [0, 0.1) is 5.92 Å². The maximum Gasteiger partial charge on any atom is 0.265 e. The quantitative estimate of drug-likeness (QED) is 0.399. The van der Waals surface area contributed by atoms with Crippen molar-refractivity contribution in [2.75, 3.05) is 58.4 Å². The summed E-state index contributed by atoms with van der Waals surface area (Å²) in [5, 5.41) is 3.16. The molecule has 2 aromatic rings.